The molecule has 0 spiro atoms. The van der Waals surface area contributed by atoms with Gasteiger partial charge in [0.15, 0.2) is 0 Å². The number of urea groups is 1. The van der Waals surface area contributed by atoms with Gasteiger partial charge in [0.2, 0.25) is 0 Å². The maximum absolute atomic E-state index is 13.1. The molecule has 1 aromatic carbocycles. The first kappa shape index (κ1) is 17.7. The van der Waals surface area contributed by atoms with Gasteiger partial charge in [0.05, 0.1) is 36.1 Å². The van der Waals surface area contributed by atoms with Crippen LogP contribution < -0.4 is 5.32 Å². The number of aromatic amines is 1. The molecule has 1 atom stereocenters. The van der Waals surface area contributed by atoms with Crippen LogP contribution in [0.2, 0.25) is 0 Å². The van der Waals surface area contributed by atoms with Crippen molar-refractivity contribution in [1.29, 1.82) is 0 Å². The van der Waals surface area contributed by atoms with E-state index >= 15 is 0 Å². The number of pyridine rings is 1. The number of carbonyl (C=O) groups excluding carboxylic acids is 2. The van der Waals surface area contributed by atoms with Crippen LogP contribution in [0.4, 0.5) is 10.5 Å². The maximum atomic E-state index is 13.1. The van der Waals surface area contributed by atoms with E-state index in [4.69, 9.17) is 4.74 Å². The topological polar surface area (TPSA) is 100 Å². The summed E-state index contributed by atoms with van der Waals surface area (Å²) >= 11 is 0. The van der Waals surface area contributed by atoms with Crippen LogP contribution in [0.1, 0.15) is 33.5 Å². The van der Waals surface area contributed by atoms with Crippen LogP contribution in [0.25, 0.3) is 0 Å². The third-order valence-electron chi connectivity index (χ3n) is 4.73. The molecule has 1 aliphatic heterocycles. The highest BCUT2D eigenvalue weighted by Crippen LogP contribution is 2.32. The van der Waals surface area contributed by atoms with Gasteiger partial charge >= 0.3 is 12.0 Å². The molecule has 2 aromatic heterocycles. The second-order valence-electron chi connectivity index (χ2n) is 6.33. The van der Waals surface area contributed by atoms with Crippen LogP contribution in [0.3, 0.4) is 0 Å². The Morgan fingerprint density at radius 3 is 2.79 bits per heavy atom. The number of carbonyl (C=O) groups is 2. The summed E-state index contributed by atoms with van der Waals surface area (Å²) in [5.41, 5.74) is 3.19. The Morgan fingerprint density at radius 1 is 1.18 bits per heavy atom. The summed E-state index contributed by atoms with van der Waals surface area (Å²) in [5, 5.41) is 2.84. The Morgan fingerprint density at radius 2 is 2.00 bits per heavy atom. The van der Waals surface area contributed by atoms with Gasteiger partial charge in [0.25, 0.3) is 0 Å². The number of hydrogen-bond acceptors (Lipinski definition) is 5. The molecule has 1 aliphatic rings. The standard InChI is InChI=1S/C20H19N5O3/c1-28-19(26)13-6-2-3-7-14(13)24-20(27)25-11-9-15-17(23-12-22-15)18(25)16-8-4-5-10-21-16/h2-8,10,12,18H,9,11H2,1H3,(H,22,23)(H,24,27). The lowest BCUT2D eigenvalue weighted by Gasteiger charge is -2.34. The quantitative estimate of drug-likeness (QED) is 0.684. The van der Waals surface area contributed by atoms with E-state index in [-0.39, 0.29) is 6.03 Å². The number of fused-ring (bicyclic) bond motifs is 1. The number of H-pyrrole nitrogens is 1. The molecule has 0 saturated heterocycles. The molecule has 0 bridgehead atoms. The summed E-state index contributed by atoms with van der Waals surface area (Å²) in [7, 11) is 1.31. The number of anilines is 1. The SMILES string of the molecule is COC(=O)c1ccccc1NC(=O)N1CCc2[nH]cnc2C1c1ccccn1. The number of esters is 1. The molecule has 2 amide bonds. The normalized spacial score (nSPS) is 15.6. The number of nitrogens with one attached hydrogen (secondary N) is 2. The van der Waals surface area contributed by atoms with Crippen molar-refractivity contribution in [2.45, 2.75) is 12.5 Å². The van der Waals surface area contributed by atoms with Crippen molar-refractivity contribution in [3.05, 3.63) is 77.6 Å². The van der Waals surface area contributed by atoms with Crippen molar-refractivity contribution in [2.24, 2.45) is 0 Å². The highest BCUT2D eigenvalue weighted by Gasteiger charge is 2.35. The van der Waals surface area contributed by atoms with Crippen LogP contribution in [-0.4, -0.2) is 45.5 Å². The summed E-state index contributed by atoms with van der Waals surface area (Å²) in [6.07, 6.45) is 3.98. The largest absolute Gasteiger partial charge is 0.465 e. The van der Waals surface area contributed by atoms with E-state index in [9.17, 15) is 9.59 Å². The average molecular weight is 377 g/mol. The van der Waals surface area contributed by atoms with Crippen LogP contribution in [-0.2, 0) is 11.2 Å². The molecule has 8 nitrogen and oxygen atoms in total. The zero-order valence-electron chi connectivity index (χ0n) is 15.3. The molecule has 1 unspecified atom stereocenters. The lowest BCUT2D eigenvalue weighted by Crippen LogP contribution is -2.43. The summed E-state index contributed by atoms with van der Waals surface area (Å²) < 4.78 is 4.80. The molecule has 0 fully saturated rings. The Kier molecular flexibility index (Phi) is 4.76. The van der Waals surface area contributed by atoms with Gasteiger partial charge in [-0.1, -0.05) is 18.2 Å². The van der Waals surface area contributed by atoms with E-state index in [1.165, 1.54) is 7.11 Å². The summed E-state index contributed by atoms with van der Waals surface area (Å²) in [5.74, 6) is -0.509. The molecular formula is C20H19N5O3. The highest BCUT2D eigenvalue weighted by molar-refractivity contribution is 6.01. The third kappa shape index (κ3) is 3.20. The Hall–Kier alpha value is -3.68. The van der Waals surface area contributed by atoms with Crippen LogP contribution in [0.15, 0.2) is 55.0 Å². The number of benzene rings is 1. The molecule has 0 radical (unpaired) electrons. The predicted octanol–water partition coefficient (Wildman–Crippen LogP) is 2.77. The number of nitrogens with zero attached hydrogens (tertiary/aromatic N) is 3. The third-order valence-corrected chi connectivity index (χ3v) is 4.73. The first-order valence-electron chi connectivity index (χ1n) is 8.87. The number of imidazole rings is 1. The van der Waals surface area contributed by atoms with Crippen molar-refractivity contribution in [3.63, 3.8) is 0 Å². The first-order chi connectivity index (χ1) is 13.7. The fourth-order valence-electron chi connectivity index (χ4n) is 3.40. The Bertz CT molecular complexity index is 1000. The number of aromatic nitrogens is 3. The van der Waals surface area contributed by atoms with E-state index in [1.54, 1.807) is 41.7 Å². The number of ether oxygens (including phenoxy) is 1. The molecule has 8 heteroatoms. The first-order valence-corrected chi connectivity index (χ1v) is 8.87. The van der Waals surface area contributed by atoms with Crippen molar-refractivity contribution < 1.29 is 14.3 Å². The predicted molar refractivity (Wildman–Crippen MR) is 102 cm³/mol. The minimum atomic E-state index is -0.509. The number of hydrogen-bond donors (Lipinski definition) is 2. The van der Waals surface area contributed by atoms with Gasteiger partial charge in [-0.3, -0.25) is 4.98 Å². The van der Waals surface area contributed by atoms with E-state index in [1.807, 2.05) is 18.2 Å². The van der Waals surface area contributed by atoms with Crippen molar-refractivity contribution in [3.8, 4) is 0 Å². The zero-order valence-corrected chi connectivity index (χ0v) is 15.3. The van der Waals surface area contributed by atoms with Gasteiger partial charge < -0.3 is 19.9 Å². The molecule has 3 aromatic rings. The van der Waals surface area contributed by atoms with E-state index in [0.717, 1.165) is 17.1 Å². The molecule has 142 valence electrons. The van der Waals surface area contributed by atoms with E-state index in [0.29, 0.717) is 24.2 Å². The van der Waals surface area contributed by atoms with Crippen molar-refractivity contribution >= 4 is 17.7 Å². The van der Waals surface area contributed by atoms with Crippen LogP contribution in [0.5, 0.6) is 0 Å². The lowest BCUT2D eigenvalue weighted by molar-refractivity contribution is 0.0602. The number of methoxy groups -OCH3 is 1. The summed E-state index contributed by atoms with van der Waals surface area (Å²) in [4.78, 5) is 38.8. The monoisotopic (exact) mass is 377 g/mol. The minimum Gasteiger partial charge on any atom is -0.465 e. The smallest absolute Gasteiger partial charge is 0.339 e. The summed E-state index contributed by atoms with van der Waals surface area (Å²) in [6.45, 7) is 0.489. The van der Waals surface area contributed by atoms with Gasteiger partial charge in [0, 0.05) is 24.9 Å². The molecule has 2 N–H and O–H groups in total. The number of rotatable bonds is 3. The van der Waals surface area contributed by atoms with Crippen LogP contribution >= 0.6 is 0 Å². The fourth-order valence-corrected chi connectivity index (χ4v) is 3.40. The Balaban J connectivity index is 1.67. The van der Waals surface area contributed by atoms with Crippen LogP contribution in [0, 0.1) is 0 Å². The highest BCUT2D eigenvalue weighted by atomic mass is 16.5. The van der Waals surface area contributed by atoms with Crippen molar-refractivity contribution in [1.82, 2.24) is 19.9 Å². The number of amides is 2. The Labute approximate surface area is 161 Å². The van der Waals surface area contributed by atoms with E-state index < -0.39 is 12.0 Å². The van der Waals surface area contributed by atoms with E-state index in [2.05, 4.69) is 20.3 Å². The van der Waals surface area contributed by atoms with Gasteiger partial charge in [-0.05, 0) is 24.3 Å². The molecule has 28 heavy (non-hydrogen) atoms. The van der Waals surface area contributed by atoms with Gasteiger partial charge in [-0.15, -0.1) is 0 Å². The zero-order chi connectivity index (χ0) is 19.5. The van der Waals surface area contributed by atoms with Crippen molar-refractivity contribution in [2.75, 3.05) is 19.0 Å². The molecule has 3 heterocycles. The minimum absolute atomic E-state index is 0.296. The second-order valence-corrected chi connectivity index (χ2v) is 6.33. The second kappa shape index (κ2) is 7.51. The van der Waals surface area contributed by atoms with Gasteiger partial charge in [-0.25, -0.2) is 14.6 Å². The maximum Gasteiger partial charge on any atom is 0.339 e. The van der Waals surface area contributed by atoms with Gasteiger partial charge in [-0.2, -0.15) is 0 Å². The lowest BCUT2D eigenvalue weighted by atomic mass is 9.99. The fraction of sp³-hybridized carbons (Fsp3) is 0.200. The number of para-hydroxylation sites is 1. The van der Waals surface area contributed by atoms with Gasteiger partial charge in [0.1, 0.15) is 6.04 Å². The molecular weight excluding hydrogens is 358 g/mol. The summed E-state index contributed by atoms with van der Waals surface area (Å²) in [6, 6.07) is 11.6. The average Bonchev–Trinajstić information content (AvgIpc) is 3.22. The molecule has 4 rings (SSSR count). The molecule has 0 aliphatic carbocycles. The molecule has 0 saturated carbocycles.